The van der Waals surface area contributed by atoms with Crippen molar-refractivity contribution in [3.63, 3.8) is 0 Å². The molecule has 7 nitrogen and oxygen atoms in total. The van der Waals surface area contributed by atoms with Crippen molar-refractivity contribution >= 4 is 11.2 Å². The van der Waals surface area contributed by atoms with Crippen LogP contribution in [0.1, 0.15) is 38.1 Å². The zero-order valence-corrected chi connectivity index (χ0v) is 16.5. The second kappa shape index (κ2) is 8.52. The van der Waals surface area contributed by atoms with Gasteiger partial charge in [-0.25, -0.2) is 14.2 Å². The van der Waals surface area contributed by atoms with E-state index in [9.17, 15) is 14.0 Å². The number of nitrogens with one attached hydrogen (secondary N) is 1. The van der Waals surface area contributed by atoms with Crippen LogP contribution in [0.3, 0.4) is 0 Å². The van der Waals surface area contributed by atoms with Crippen LogP contribution < -0.4 is 11.2 Å². The summed E-state index contributed by atoms with van der Waals surface area (Å²) in [5.74, 6) is 0.308. The molecule has 0 aliphatic carbocycles. The van der Waals surface area contributed by atoms with Gasteiger partial charge >= 0.3 is 5.69 Å². The van der Waals surface area contributed by atoms with Gasteiger partial charge in [-0.1, -0.05) is 32.0 Å². The first-order chi connectivity index (χ1) is 13.5. The molecule has 2 aromatic heterocycles. The summed E-state index contributed by atoms with van der Waals surface area (Å²) in [6.45, 7) is 6.71. The van der Waals surface area contributed by atoms with E-state index in [1.54, 1.807) is 29.8 Å². The van der Waals surface area contributed by atoms with Crippen molar-refractivity contribution in [2.24, 2.45) is 7.05 Å². The average Bonchev–Trinajstić information content (AvgIpc) is 3.01. The molecule has 0 aliphatic rings. The number of benzene rings is 1. The molecular weight excluding hydrogens is 361 g/mol. The minimum absolute atomic E-state index is 0.173. The third kappa shape index (κ3) is 3.91. The molecule has 0 saturated carbocycles. The monoisotopic (exact) mass is 387 g/mol. The maximum absolute atomic E-state index is 14.3. The Labute approximate surface area is 162 Å². The lowest BCUT2D eigenvalue weighted by Gasteiger charge is -2.21. The highest BCUT2D eigenvalue weighted by Crippen LogP contribution is 2.17. The van der Waals surface area contributed by atoms with E-state index in [1.807, 2.05) is 0 Å². The molecule has 8 heteroatoms. The van der Waals surface area contributed by atoms with Crippen LogP contribution in [0.4, 0.5) is 4.39 Å². The first-order valence-corrected chi connectivity index (χ1v) is 9.60. The summed E-state index contributed by atoms with van der Waals surface area (Å²) >= 11 is 0. The molecule has 0 amide bonds. The zero-order valence-electron chi connectivity index (χ0n) is 16.5. The van der Waals surface area contributed by atoms with Crippen molar-refractivity contribution in [2.45, 2.75) is 39.8 Å². The lowest BCUT2D eigenvalue weighted by Crippen LogP contribution is -2.29. The molecule has 3 aromatic rings. The third-order valence-corrected chi connectivity index (χ3v) is 4.82. The molecular formula is C20H26FN5O2. The quantitative estimate of drug-likeness (QED) is 0.643. The van der Waals surface area contributed by atoms with Crippen molar-refractivity contribution in [3.8, 4) is 0 Å². The van der Waals surface area contributed by atoms with Crippen LogP contribution in [0, 0.1) is 5.82 Å². The largest absolute Gasteiger partial charge is 0.329 e. The third-order valence-electron chi connectivity index (χ3n) is 4.82. The van der Waals surface area contributed by atoms with Gasteiger partial charge in [0.2, 0.25) is 0 Å². The molecule has 0 unspecified atom stereocenters. The highest BCUT2D eigenvalue weighted by Gasteiger charge is 2.20. The topological polar surface area (TPSA) is 75.9 Å². The number of H-pyrrole nitrogens is 1. The van der Waals surface area contributed by atoms with Gasteiger partial charge in [0.1, 0.15) is 11.6 Å². The molecule has 0 aliphatic heterocycles. The lowest BCUT2D eigenvalue weighted by atomic mass is 10.2. The number of hydrogen-bond acceptors (Lipinski definition) is 4. The lowest BCUT2D eigenvalue weighted by molar-refractivity contribution is 0.257. The van der Waals surface area contributed by atoms with Crippen LogP contribution in [0.15, 0.2) is 33.9 Å². The Bertz CT molecular complexity index is 1080. The van der Waals surface area contributed by atoms with Gasteiger partial charge < -0.3 is 4.57 Å². The molecule has 0 radical (unpaired) electrons. The van der Waals surface area contributed by atoms with Crippen molar-refractivity contribution in [3.05, 3.63) is 62.3 Å². The van der Waals surface area contributed by atoms with E-state index in [0.717, 1.165) is 25.9 Å². The number of hydrogen-bond donors (Lipinski definition) is 1. The van der Waals surface area contributed by atoms with Crippen molar-refractivity contribution in [1.82, 2.24) is 24.0 Å². The molecule has 1 N–H and O–H groups in total. The van der Waals surface area contributed by atoms with Gasteiger partial charge in [-0.15, -0.1) is 0 Å². The Hall–Kier alpha value is -2.74. The van der Waals surface area contributed by atoms with Crippen LogP contribution in [-0.4, -0.2) is 37.1 Å². The Balaban J connectivity index is 2.17. The fraction of sp³-hybridized carbons (Fsp3) is 0.450. The molecule has 0 fully saturated rings. The Kier molecular flexibility index (Phi) is 6.08. The van der Waals surface area contributed by atoms with Crippen LogP contribution in [0.5, 0.6) is 0 Å². The highest BCUT2D eigenvalue weighted by molar-refractivity contribution is 5.71. The summed E-state index contributed by atoms with van der Waals surface area (Å²) in [5.41, 5.74) is 0.0412. The molecule has 150 valence electrons. The molecule has 2 heterocycles. The van der Waals surface area contributed by atoms with E-state index in [1.165, 1.54) is 10.6 Å². The summed E-state index contributed by atoms with van der Waals surface area (Å²) in [7, 11) is 1.57. The number of aryl methyl sites for hydroxylation is 1. The molecule has 1 aromatic carbocycles. The summed E-state index contributed by atoms with van der Waals surface area (Å²) in [6.07, 6.45) is 1.99. The number of halogens is 1. The first-order valence-electron chi connectivity index (χ1n) is 9.60. The molecule has 0 atom stereocenters. The Morgan fingerprint density at radius 2 is 1.82 bits per heavy atom. The van der Waals surface area contributed by atoms with Crippen LogP contribution in [-0.2, 0) is 20.1 Å². The molecule has 0 saturated heterocycles. The number of rotatable bonds is 8. The second-order valence-corrected chi connectivity index (χ2v) is 6.97. The van der Waals surface area contributed by atoms with Crippen molar-refractivity contribution in [2.75, 3.05) is 13.1 Å². The highest BCUT2D eigenvalue weighted by atomic mass is 19.1. The van der Waals surface area contributed by atoms with Gasteiger partial charge in [0.15, 0.2) is 11.2 Å². The van der Waals surface area contributed by atoms with E-state index >= 15 is 0 Å². The fourth-order valence-electron chi connectivity index (χ4n) is 3.47. The van der Waals surface area contributed by atoms with Gasteiger partial charge in [-0.3, -0.25) is 19.2 Å². The zero-order chi connectivity index (χ0) is 20.3. The van der Waals surface area contributed by atoms with Gasteiger partial charge in [0.05, 0.1) is 13.1 Å². The average molecular weight is 387 g/mol. The summed E-state index contributed by atoms with van der Waals surface area (Å²) in [5, 5.41) is 0. The molecule has 28 heavy (non-hydrogen) atoms. The maximum atomic E-state index is 14.3. The first kappa shape index (κ1) is 20.0. The van der Waals surface area contributed by atoms with E-state index in [-0.39, 0.29) is 17.9 Å². The predicted octanol–water partition coefficient (Wildman–Crippen LogP) is 2.23. The number of fused-ring (bicyclic) bond motifs is 1. The number of imidazole rings is 1. The van der Waals surface area contributed by atoms with Crippen LogP contribution in [0.25, 0.3) is 11.2 Å². The summed E-state index contributed by atoms with van der Waals surface area (Å²) < 4.78 is 17.3. The maximum Gasteiger partial charge on any atom is 0.329 e. The number of aromatic amines is 1. The van der Waals surface area contributed by atoms with Gasteiger partial charge in [0, 0.05) is 12.6 Å². The standard InChI is InChI=1S/C20H26FN5O2/c1-4-10-25(11-5-2)13-16-22-18-17(19(27)23-20(28)24(18)3)26(16)12-14-8-6-7-9-15(14)21/h6-9H,4-5,10-13H2,1-3H3,(H,23,27,28). The van der Waals surface area contributed by atoms with E-state index in [4.69, 9.17) is 0 Å². The van der Waals surface area contributed by atoms with Gasteiger partial charge in [-0.05, 0) is 32.0 Å². The van der Waals surface area contributed by atoms with Gasteiger partial charge in [-0.2, -0.15) is 0 Å². The van der Waals surface area contributed by atoms with E-state index in [0.29, 0.717) is 23.6 Å². The normalized spacial score (nSPS) is 11.6. The minimum Gasteiger partial charge on any atom is -0.316 e. The van der Waals surface area contributed by atoms with Gasteiger partial charge in [0.25, 0.3) is 5.56 Å². The number of aromatic nitrogens is 4. The number of nitrogens with zero attached hydrogens (tertiary/aromatic N) is 4. The summed E-state index contributed by atoms with van der Waals surface area (Å²) in [6, 6.07) is 6.48. The van der Waals surface area contributed by atoms with Crippen LogP contribution in [0.2, 0.25) is 0 Å². The molecule has 3 rings (SSSR count). The minimum atomic E-state index is -0.515. The summed E-state index contributed by atoms with van der Waals surface area (Å²) in [4.78, 5) is 33.7. The van der Waals surface area contributed by atoms with E-state index < -0.39 is 11.2 Å². The SMILES string of the molecule is CCCN(CCC)Cc1nc2c(c(=O)[nH]c(=O)n2C)n1Cc1ccccc1F. The Morgan fingerprint density at radius 3 is 2.46 bits per heavy atom. The van der Waals surface area contributed by atoms with Crippen molar-refractivity contribution < 1.29 is 4.39 Å². The van der Waals surface area contributed by atoms with E-state index in [2.05, 4.69) is 28.7 Å². The van der Waals surface area contributed by atoms with Crippen LogP contribution >= 0.6 is 0 Å². The molecule has 0 spiro atoms. The smallest absolute Gasteiger partial charge is 0.316 e. The van der Waals surface area contributed by atoms with Crippen molar-refractivity contribution in [1.29, 1.82) is 0 Å². The fourth-order valence-corrected chi connectivity index (χ4v) is 3.47. The predicted molar refractivity (Wildman–Crippen MR) is 107 cm³/mol. The molecule has 0 bridgehead atoms. The Morgan fingerprint density at radius 1 is 1.14 bits per heavy atom. The second-order valence-electron chi connectivity index (χ2n) is 6.97.